The van der Waals surface area contributed by atoms with Crippen LogP contribution in [0.3, 0.4) is 0 Å². The number of nitrogens with zero attached hydrogens (tertiary/aromatic N) is 3. The summed E-state index contributed by atoms with van der Waals surface area (Å²) in [5.74, 6) is 1.04. The van der Waals surface area contributed by atoms with Crippen molar-refractivity contribution in [1.29, 1.82) is 0 Å². The van der Waals surface area contributed by atoms with Gasteiger partial charge in [-0.25, -0.2) is 4.98 Å². The van der Waals surface area contributed by atoms with Crippen LogP contribution in [0.25, 0.3) is 17.3 Å². The standard InChI is InChI=1S/C22H28N4O2/c1-7-10-11-28-22-21(23-5)16(8-2)12-19(26-22)17-13-18(15(4)24-9-3)25-14-20(17)27-6/h7-8,12-15,24H,1-2,5,9-11H2,3-4,6H3/t15-/m1/s1. The monoisotopic (exact) mass is 380 g/mol. The van der Waals surface area contributed by atoms with Gasteiger partial charge in [-0.2, -0.15) is 0 Å². The summed E-state index contributed by atoms with van der Waals surface area (Å²) >= 11 is 0. The predicted molar refractivity (Wildman–Crippen MR) is 116 cm³/mol. The van der Waals surface area contributed by atoms with Crippen LogP contribution < -0.4 is 14.8 Å². The summed E-state index contributed by atoms with van der Waals surface area (Å²) < 4.78 is 11.4. The van der Waals surface area contributed by atoms with Crippen LogP contribution in [0.4, 0.5) is 5.69 Å². The molecule has 6 heteroatoms. The van der Waals surface area contributed by atoms with Crippen LogP contribution >= 0.6 is 0 Å². The second-order valence-electron chi connectivity index (χ2n) is 6.13. The number of ether oxygens (including phenoxy) is 2. The first-order chi connectivity index (χ1) is 13.6. The molecule has 0 spiro atoms. The van der Waals surface area contributed by atoms with Gasteiger partial charge in [0.05, 0.1) is 31.3 Å². The van der Waals surface area contributed by atoms with Crippen LogP contribution in [0.15, 0.2) is 42.6 Å². The number of nitrogens with one attached hydrogen (secondary N) is 1. The Hall–Kier alpha value is -2.99. The van der Waals surface area contributed by atoms with Gasteiger partial charge in [-0.15, -0.1) is 6.58 Å². The maximum absolute atomic E-state index is 5.83. The smallest absolute Gasteiger partial charge is 0.241 e. The van der Waals surface area contributed by atoms with Crippen LogP contribution in [0.2, 0.25) is 0 Å². The lowest BCUT2D eigenvalue weighted by Gasteiger charge is -2.16. The first kappa shape index (κ1) is 21.3. The topological polar surface area (TPSA) is 68.6 Å². The summed E-state index contributed by atoms with van der Waals surface area (Å²) in [6.07, 6.45) is 5.92. The molecular weight excluding hydrogens is 352 g/mol. The third-order valence-corrected chi connectivity index (χ3v) is 4.27. The molecule has 0 fully saturated rings. The Labute approximate surface area is 167 Å². The highest BCUT2D eigenvalue weighted by Crippen LogP contribution is 2.37. The van der Waals surface area contributed by atoms with Crippen molar-refractivity contribution in [3.8, 4) is 22.9 Å². The Morgan fingerprint density at radius 1 is 1.32 bits per heavy atom. The van der Waals surface area contributed by atoms with E-state index in [4.69, 9.17) is 9.47 Å². The zero-order valence-corrected chi connectivity index (χ0v) is 16.9. The first-order valence-electron chi connectivity index (χ1n) is 9.25. The second kappa shape index (κ2) is 10.4. The van der Waals surface area contributed by atoms with Gasteiger partial charge in [-0.1, -0.05) is 25.7 Å². The third kappa shape index (κ3) is 4.84. The van der Waals surface area contributed by atoms with Gasteiger partial charge in [-0.05, 0) is 38.7 Å². The molecule has 0 aliphatic heterocycles. The van der Waals surface area contributed by atoms with Gasteiger partial charge in [0.15, 0.2) is 0 Å². The number of methoxy groups -OCH3 is 1. The van der Waals surface area contributed by atoms with E-state index in [9.17, 15) is 0 Å². The molecule has 0 saturated heterocycles. The molecule has 0 aliphatic rings. The fourth-order valence-corrected chi connectivity index (χ4v) is 2.80. The van der Waals surface area contributed by atoms with E-state index >= 15 is 0 Å². The van der Waals surface area contributed by atoms with Gasteiger partial charge in [0.2, 0.25) is 5.88 Å². The van der Waals surface area contributed by atoms with E-state index in [1.165, 1.54) is 0 Å². The summed E-state index contributed by atoms with van der Waals surface area (Å²) in [6.45, 7) is 16.7. The maximum atomic E-state index is 5.83. The zero-order valence-electron chi connectivity index (χ0n) is 16.9. The van der Waals surface area contributed by atoms with E-state index in [0.717, 1.165) is 23.4 Å². The van der Waals surface area contributed by atoms with Gasteiger partial charge >= 0.3 is 0 Å². The summed E-state index contributed by atoms with van der Waals surface area (Å²) in [4.78, 5) is 13.3. The highest BCUT2D eigenvalue weighted by Gasteiger charge is 2.17. The molecule has 0 saturated carbocycles. The minimum absolute atomic E-state index is 0.103. The second-order valence-corrected chi connectivity index (χ2v) is 6.13. The molecule has 0 aliphatic carbocycles. The zero-order chi connectivity index (χ0) is 20.5. The average molecular weight is 380 g/mol. The lowest BCUT2D eigenvalue weighted by Crippen LogP contribution is -2.18. The Morgan fingerprint density at radius 3 is 2.71 bits per heavy atom. The number of hydrogen-bond acceptors (Lipinski definition) is 6. The minimum atomic E-state index is 0.103. The van der Waals surface area contributed by atoms with Crippen molar-refractivity contribution < 1.29 is 9.47 Å². The van der Waals surface area contributed by atoms with E-state index in [-0.39, 0.29) is 6.04 Å². The number of aromatic nitrogens is 2. The molecule has 2 rings (SSSR count). The van der Waals surface area contributed by atoms with E-state index < -0.39 is 0 Å². The normalized spacial score (nSPS) is 11.5. The Balaban J connectivity index is 2.60. The molecule has 6 nitrogen and oxygen atoms in total. The van der Waals surface area contributed by atoms with E-state index in [0.29, 0.717) is 36.0 Å². The van der Waals surface area contributed by atoms with Crippen LogP contribution in [0, 0.1) is 0 Å². The molecular formula is C22H28N4O2. The summed E-state index contributed by atoms with van der Waals surface area (Å²) in [5, 5.41) is 3.37. The van der Waals surface area contributed by atoms with Gasteiger partial charge in [-0.3, -0.25) is 9.98 Å². The molecule has 0 aromatic carbocycles. The molecule has 1 atom stereocenters. The van der Waals surface area contributed by atoms with Gasteiger partial charge in [0.25, 0.3) is 0 Å². The molecule has 2 heterocycles. The van der Waals surface area contributed by atoms with E-state index in [1.807, 2.05) is 12.1 Å². The van der Waals surface area contributed by atoms with Gasteiger partial charge in [0, 0.05) is 17.2 Å². The molecule has 1 N–H and O–H groups in total. The molecule has 2 aromatic rings. The van der Waals surface area contributed by atoms with Crippen molar-refractivity contribution in [2.24, 2.45) is 4.99 Å². The third-order valence-electron chi connectivity index (χ3n) is 4.27. The lowest BCUT2D eigenvalue weighted by atomic mass is 10.0. The van der Waals surface area contributed by atoms with Crippen molar-refractivity contribution in [3.63, 3.8) is 0 Å². The predicted octanol–water partition coefficient (Wildman–Crippen LogP) is 4.75. The Bertz CT molecular complexity index is 849. The average Bonchev–Trinajstić information content (AvgIpc) is 2.72. The molecule has 0 unspecified atom stereocenters. The van der Waals surface area contributed by atoms with Crippen molar-refractivity contribution >= 4 is 18.5 Å². The summed E-state index contributed by atoms with van der Waals surface area (Å²) in [6, 6.07) is 3.98. The number of pyridine rings is 2. The molecule has 148 valence electrons. The van der Waals surface area contributed by atoms with E-state index in [2.05, 4.69) is 54.0 Å². The largest absolute Gasteiger partial charge is 0.494 e. The SMILES string of the molecule is C=CCCOc1nc(-c2cc([C@@H](C)NCC)ncc2OC)cc(C=C)c1N=C. The molecule has 28 heavy (non-hydrogen) atoms. The lowest BCUT2D eigenvalue weighted by molar-refractivity contribution is 0.314. The van der Waals surface area contributed by atoms with Crippen molar-refractivity contribution in [2.75, 3.05) is 20.3 Å². The van der Waals surface area contributed by atoms with Crippen LogP contribution in [-0.4, -0.2) is 36.9 Å². The highest BCUT2D eigenvalue weighted by atomic mass is 16.5. The molecule has 2 aromatic heterocycles. The number of hydrogen-bond donors (Lipinski definition) is 1. The minimum Gasteiger partial charge on any atom is -0.494 e. The first-order valence-corrected chi connectivity index (χ1v) is 9.25. The van der Waals surface area contributed by atoms with Crippen LogP contribution in [0.5, 0.6) is 11.6 Å². The Morgan fingerprint density at radius 2 is 2.11 bits per heavy atom. The Kier molecular flexibility index (Phi) is 7.89. The van der Waals surface area contributed by atoms with Gasteiger partial charge < -0.3 is 14.8 Å². The summed E-state index contributed by atoms with van der Waals surface area (Å²) in [7, 11) is 1.61. The molecule has 0 bridgehead atoms. The quantitative estimate of drug-likeness (QED) is 0.346. The van der Waals surface area contributed by atoms with Crippen molar-refractivity contribution in [1.82, 2.24) is 15.3 Å². The molecule has 0 amide bonds. The summed E-state index contributed by atoms with van der Waals surface area (Å²) in [5.41, 5.74) is 3.77. The van der Waals surface area contributed by atoms with Crippen molar-refractivity contribution in [2.45, 2.75) is 26.3 Å². The maximum Gasteiger partial charge on any atom is 0.241 e. The van der Waals surface area contributed by atoms with E-state index in [1.54, 1.807) is 25.5 Å². The van der Waals surface area contributed by atoms with Crippen LogP contribution in [-0.2, 0) is 0 Å². The van der Waals surface area contributed by atoms with Crippen molar-refractivity contribution in [3.05, 3.63) is 48.8 Å². The fourth-order valence-electron chi connectivity index (χ4n) is 2.80. The highest BCUT2D eigenvalue weighted by molar-refractivity contribution is 5.77. The van der Waals surface area contributed by atoms with Gasteiger partial charge in [0.1, 0.15) is 11.4 Å². The van der Waals surface area contributed by atoms with Crippen LogP contribution in [0.1, 0.15) is 37.6 Å². The number of aliphatic imine (C=N–C) groups is 1. The number of rotatable bonds is 11. The fraction of sp³-hybridized carbons (Fsp3) is 0.318. The molecule has 0 radical (unpaired) electrons.